The van der Waals surface area contributed by atoms with Crippen molar-refractivity contribution in [2.75, 3.05) is 0 Å². The molecule has 0 fully saturated rings. The van der Waals surface area contributed by atoms with Crippen molar-refractivity contribution in [1.82, 2.24) is 4.57 Å². The molecule has 0 aliphatic carbocycles. The standard InChI is InChI=1S/C15H13NO5/c1-8-11(14(18)19)13(17)12(15(20)21)9(2)16(8)10-6-4-3-5-7-10/h3-7H,1-2H3,(H,18,19)(H,20,21). The number of carboxylic acid groups (broad SMARTS) is 2. The van der Waals surface area contributed by atoms with Gasteiger partial charge >= 0.3 is 11.9 Å². The molecule has 0 spiro atoms. The fourth-order valence-electron chi connectivity index (χ4n) is 2.40. The van der Waals surface area contributed by atoms with Crippen molar-refractivity contribution in [2.45, 2.75) is 13.8 Å². The predicted molar refractivity (Wildman–Crippen MR) is 75.4 cm³/mol. The number of benzene rings is 1. The van der Waals surface area contributed by atoms with E-state index in [0.29, 0.717) is 5.69 Å². The molecule has 0 saturated carbocycles. The Morgan fingerprint density at radius 2 is 1.33 bits per heavy atom. The van der Waals surface area contributed by atoms with E-state index in [4.69, 9.17) is 0 Å². The van der Waals surface area contributed by atoms with Gasteiger partial charge in [-0.1, -0.05) is 18.2 Å². The second kappa shape index (κ2) is 5.24. The lowest BCUT2D eigenvalue weighted by molar-refractivity contribution is 0.0692. The van der Waals surface area contributed by atoms with Gasteiger partial charge in [0.1, 0.15) is 11.1 Å². The quantitative estimate of drug-likeness (QED) is 0.898. The van der Waals surface area contributed by atoms with Gasteiger partial charge in [0.15, 0.2) is 0 Å². The summed E-state index contributed by atoms with van der Waals surface area (Å²) in [5.74, 6) is -2.88. The Morgan fingerprint density at radius 3 is 1.71 bits per heavy atom. The number of pyridine rings is 1. The highest BCUT2D eigenvalue weighted by Gasteiger charge is 2.25. The molecule has 0 amide bonds. The summed E-state index contributed by atoms with van der Waals surface area (Å²) in [5.41, 5.74) is -1.04. The molecule has 1 aromatic heterocycles. The van der Waals surface area contributed by atoms with Gasteiger partial charge in [-0.15, -0.1) is 0 Å². The number of nitrogens with zero attached hydrogens (tertiary/aromatic N) is 1. The highest BCUT2D eigenvalue weighted by molar-refractivity contribution is 5.95. The largest absolute Gasteiger partial charge is 0.477 e. The van der Waals surface area contributed by atoms with E-state index in [2.05, 4.69) is 0 Å². The molecule has 2 N–H and O–H groups in total. The highest BCUT2D eigenvalue weighted by Crippen LogP contribution is 2.18. The van der Waals surface area contributed by atoms with Gasteiger partial charge in [-0.3, -0.25) is 4.79 Å². The van der Waals surface area contributed by atoms with Gasteiger partial charge < -0.3 is 14.8 Å². The minimum atomic E-state index is -1.44. The number of carboxylic acids is 2. The molecule has 108 valence electrons. The van der Waals surface area contributed by atoms with Gasteiger partial charge in [0, 0.05) is 17.1 Å². The molecule has 0 radical (unpaired) electrons. The van der Waals surface area contributed by atoms with Crippen molar-refractivity contribution in [3.05, 3.63) is 63.1 Å². The maximum Gasteiger partial charge on any atom is 0.341 e. The SMILES string of the molecule is Cc1c(C(=O)O)c(=O)c(C(=O)O)c(C)n1-c1ccccc1. The fourth-order valence-corrected chi connectivity index (χ4v) is 2.40. The normalized spacial score (nSPS) is 10.4. The first-order valence-electron chi connectivity index (χ1n) is 6.14. The van der Waals surface area contributed by atoms with Gasteiger partial charge in [0.25, 0.3) is 0 Å². The Bertz CT molecular complexity index is 746. The smallest absolute Gasteiger partial charge is 0.341 e. The first-order chi connectivity index (χ1) is 9.86. The lowest BCUT2D eigenvalue weighted by Crippen LogP contribution is -2.29. The third-order valence-electron chi connectivity index (χ3n) is 3.29. The Hall–Kier alpha value is -2.89. The fraction of sp³-hybridized carbons (Fsp3) is 0.133. The molecule has 0 aliphatic heterocycles. The number of hydrogen-bond donors (Lipinski definition) is 2. The van der Waals surface area contributed by atoms with Gasteiger partial charge in [0.2, 0.25) is 5.43 Å². The summed E-state index contributed by atoms with van der Waals surface area (Å²) in [5, 5.41) is 18.4. The molecule has 1 heterocycles. The van der Waals surface area contributed by atoms with Crippen LogP contribution in [0.2, 0.25) is 0 Å². The molecule has 21 heavy (non-hydrogen) atoms. The van der Waals surface area contributed by atoms with Crippen molar-refractivity contribution in [3.8, 4) is 5.69 Å². The Labute approximate surface area is 119 Å². The number of rotatable bonds is 3. The van der Waals surface area contributed by atoms with Crippen LogP contribution in [0.5, 0.6) is 0 Å². The molecular formula is C15H13NO5. The first-order valence-corrected chi connectivity index (χ1v) is 6.14. The summed E-state index contributed by atoms with van der Waals surface area (Å²) >= 11 is 0. The molecule has 0 saturated heterocycles. The predicted octanol–water partition coefficient (Wildman–Crippen LogP) is 1.85. The van der Waals surface area contributed by atoms with E-state index < -0.39 is 28.5 Å². The van der Waals surface area contributed by atoms with E-state index in [1.807, 2.05) is 0 Å². The second-order valence-electron chi connectivity index (χ2n) is 4.53. The van der Waals surface area contributed by atoms with Gasteiger partial charge in [-0.05, 0) is 26.0 Å². The van der Waals surface area contributed by atoms with Crippen LogP contribution in [0, 0.1) is 13.8 Å². The Kier molecular flexibility index (Phi) is 3.62. The lowest BCUT2D eigenvalue weighted by atomic mass is 10.1. The Morgan fingerprint density at radius 1 is 0.905 bits per heavy atom. The van der Waals surface area contributed by atoms with Crippen LogP contribution >= 0.6 is 0 Å². The van der Waals surface area contributed by atoms with E-state index in [9.17, 15) is 24.6 Å². The summed E-state index contributed by atoms with van der Waals surface area (Å²) in [7, 11) is 0. The molecule has 0 atom stereocenters. The van der Waals surface area contributed by atoms with Gasteiger partial charge in [-0.25, -0.2) is 9.59 Å². The number of aromatic nitrogens is 1. The van der Waals surface area contributed by atoms with Crippen LogP contribution in [-0.4, -0.2) is 26.7 Å². The number of carbonyl (C=O) groups is 2. The zero-order chi connectivity index (χ0) is 15.7. The van der Waals surface area contributed by atoms with Crippen LogP contribution in [0.1, 0.15) is 32.1 Å². The molecular weight excluding hydrogens is 274 g/mol. The van der Waals surface area contributed by atoms with Crippen molar-refractivity contribution >= 4 is 11.9 Å². The molecule has 0 aliphatic rings. The molecule has 0 bridgehead atoms. The van der Waals surface area contributed by atoms with Crippen LogP contribution in [-0.2, 0) is 0 Å². The minimum Gasteiger partial charge on any atom is -0.477 e. The van der Waals surface area contributed by atoms with Crippen LogP contribution in [0.4, 0.5) is 0 Å². The molecule has 1 aromatic carbocycles. The summed E-state index contributed by atoms with van der Waals surface area (Å²) in [6, 6.07) is 8.69. The van der Waals surface area contributed by atoms with Crippen LogP contribution in [0.25, 0.3) is 5.69 Å². The van der Waals surface area contributed by atoms with Crippen molar-refractivity contribution in [2.24, 2.45) is 0 Å². The third kappa shape index (κ3) is 2.31. The molecule has 2 rings (SSSR count). The molecule has 6 nitrogen and oxygen atoms in total. The van der Waals surface area contributed by atoms with Crippen LogP contribution < -0.4 is 5.43 Å². The first kappa shape index (κ1) is 14.5. The van der Waals surface area contributed by atoms with E-state index >= 15 is 0 Å². The van der Waals surface area contributed by atoms with Crippen LogP contribution in [0.3, 0.4) is 0 Å². The van der Waals surface area contributed by atoms with Crippen LogP contribution in [0.15, 0.2) is 35.1 Å². The summed E-state index contributed by atoms with van der Waals surface area (Å²) < 4.78 is 1.47. The highest BCUT2D eigenvalue weighted by atomic mass is 16.4. The van der Waals surface area contributed by atoms with E-state index in [-0.39, 0.29) is 11.4 Å². The van der Waals surface area contributed by atoms with Crippen molar-refractivity contribution < 1.29 is 19.8 Å². The lowest BCUT2D eigenvalue weighted by Gasteiger charge is -2.18. The number of para-hydroxylation sites is 1. The third-order valence-corrected chi connectivity index (χ3v) is 3.29. The summed E-state index contributed by atoms with van der Waals surface area (Å²) in [6.45, 7) is 2.97. The maximum absolute atomic E-state index is 12.1. The zero-order valence-corrected chi connectivity index (χ0v) is 11.5. The maximum atomic E-state index is 12.1. The average Bonchev–Trinajstić information content (AvgIpc) is 2.38. The Balaban J connectivity index is 2.99. The topological polar surface area (TPSA) is 96.6 Å². The van der Waals surface area contributed by atoms with Crippen molar-refractivity contribution in [1.29, 1.82) is 0 Å². The minimum absolute atomic E-state index is 0.196. The average molecular weight is 287 g/mol. The number of aromatic carboxylic acids is 2. The van der Waals surface area contributed by atoms with E-state index in [1.165, 1.54) is 18.4 Å². The molecule has 0 unspecified atom stereocenters. The van der Waals surface area contributed by atoms with E-state index in [0.717, 1.165) is 0 Å². The zero-order valence-electron chi connectivity index (χ0n) is 11.5. The summed E-state index contributed by atoms with van der Waals surface area (Å²) in [4.78, 5) is 34.7. The number of hydrogen-bond acceptors (Lipinski definition) is 3. The monoisotopic (exact) mass is 287 g/mol. The summed E-state index contributed by atoms with van der Waals surface area (Å²) in [6.07, 6.45) is 0. The molecule has 6 heteroatoms. The van der Waals surface area contributed by atoms with E-state index in [1.54, 1.807) is 30.3 Å². The molecule has 2 aromatic rings. The van der Waals surface area contributed by atoms with Crippen molar-refractivity contribution in [3.63, 3.8) is 0 Å². The van der Waals surface area contributed by atoms with Gasteiger partial charge in [0.05, 0.1) is 0 Å². The second-order valence-corrected chi connectivity index (χ2v) is 4.53. The van der Waals surface area contributed by atoms with Gasteiger partial charge in [-0.2, -0.15) is 0 Å².